The lowest BCUT2D eigenvalue weighted by atomic mass is 9.89. The third-order valence-electron chi connectivity index (χ3n) is 7.88. The molecule has 0 spiro atoms. The first-order chi connectivity index (χ1) is 15.3. The number of aliphatic hydroxyl groups excluding tert-OH is 1. The number of nitrogens with zero attached hydrogens (tertiary/aromatic N) is 1. The Morgan fingerprint density at radius 3 is 2.12 bits per heavy atom. The summed E-state index contributed by atoms with van der Waals surface area (Å²) in [5.41, 5.74) is -2.78. The third-order valence-corrected chi connectivity index (χ3v) is 16.8. The van der Waals surface area contributed by atoms with Gasteiger partial charge in [-0.25, -0.2) is 4.79 Å². The normalized spacial score (nSPS) is 26.8. The second-order valence-corrected chi connectivity index (χ2v) is 21.9. The molecule has 9 nitrogen and oxygen atoms in total. The van der Waals surface area contributed by atoms with Gasteiger partial charge in [0.15, 0.2) is 22.9 Å². The van der Waals surface area contributed by atoms with E-state index in [1.165, 1.54) is 16.8 Å². The van der Waals surface area contributed by atoms with Crippen LogP contribution >= 0.6 is 0 Å². The lowest BCUT2D eigenvalue weighted by Crippen LogP contribution is -2.57. The van der Waals surface area contributed by atoms with E-state index in [9.17, 15) is 19.8 Å². The van der Waals surface area contributed by atoms with Crippen molar-refractivity contribution in [2.45, 2.75) is 108 Å². The van der Waals surface area contributed by atoms with Gasteiger partial charge in [0, 0.05) is 25.3 Å². The van der Waals surface area contributed by atoms with Crippen LogP contribution in [-0.2, 0) is 13.6 Å². The largest absolute Gasteiger partial charge is 0.414 e. The predicted molar refractivity (Wildman–Crippen MR) is 137 cm³/mol. The average Bonchev–Trinajstić information content (AvgIpc) is 2.90. The van der Waals surface area contributed by atoms with Crippen molar-refractivity contribution in [1.29, 1.82) is 0 Å². The quantitative estimate of drug-likeness (QED) is 0.454. The van der Waals surface area contributed by atoms with E-state index in [0.717, 1.165) is 0 Å². The molecule has 11 heteroatoms. The maximum Gasteiger partial charge on any atom is 0.330 e. The van der Waals surface area contributed by atoms with Gasteiger partial charge in [-0.2, -0.15) is 0 Å². The fraction of sp³-hybridized carbons (Fsp3) is 0.826. The highest BCUT2D eigenvalue weighted by atomic mass is 28.4. The van der Waals surface area contributed by atoms with Crippen molar-refractivity contribution in [3.05, 3.63) is 33.1 Å². The van der Waals surface area contributed by atoms with Gasteiger partial charge in [0.2, 0.25) is 0 Å². The summed E-state index contributed by atoms with van der Waals surface area (Å²) in [6, 6.07) is 1.23. The number of aliphatic hydroxyl groups is 2. The Bertz CT molecular complexity index is 962. The van der Waals surface area contributed by atoms with E-state index in [4.69, 9.17) is 13.6 Å². The van der Waals surface area contributed by atoms with E-state index >= 15 is 0 Å². The summed E-state index contributed by atoms with van der Waals surface area (Å²) in [7, 11) is -4.63. The maximum atomic E-state index is 12.7. The van der Waals surface area contributed by atoms with E-state index in [1.807, 2.05) is 0 Å². The van der Waals surface area contributed by atoms with E-state index < -0.39 is 51.9 Å². The molecule has 0 unspecified atom stereocenters. The molecule has 0 aromatic carbocycles. The van der Waals surface area contributed by atoms with Crippen molar-refractivity contribution in [1.82, 2.24) is 9.55 Å². The molecule has 196 valence electrons. The van der Waals surface area contributed by atoms with Gasteiger partial charge in [0.1, 0.15) is 17.8 Å². The highest BCUT2D eigenvalue weighted by molar-refractivity contribution is 6.74. The van der Waals surface area contributed by atoms with Gasteiger partial charge in [0.25, 0.3) is 5.56 Å². The smallest absolute Gasteiger partial charge is 0.330 e. The Labute approximate surface area is 204 Å². The number of aromatic nitrogens is 2. The number of rotatable bonds is 8. The van der Waals surface area contributed by atoms with Gasteiger partial charge >= 0.3 is 5.69 Å². The van der Waals surface area contributed by atoms with Crippen LogP contribution in [0.5, 0.6) is 0 Å². The summed E-state index contributed by atoms with van der Waals surface area (Å²) in [4.78, 5) is 26.6. The first-order valence-corrected chi connectivity index (χ1v) is 17.7. The molecule has 1 aromatic heterocycles. The minimum Gasteiger partial charge on any atom is -0.414 e. The topological polar surface area (TPSA) is 123 Å². The molecule has 34 heavy (non-hydrogen) atoms. The molecule has 0 bridgehead atoms. The summed E-state index contributed by atoms with van der Waals surface area (Å²) in [5.74, 6) is 0. The molecule has 0 saturated carbocycles. The molecule has 2 heterocycles. The molecule has 0 radical (unpaired) electrons. The molecule has 1 aliphatic rings. The van der Waals surface area contributed by atoms with Crippen LogP contribution in [0.4, 0.5) is 0 Å². The van der Waals surface area contributed by atoms with E-state index in [-0.39, 0.29) is 29.7 Å². The highest BCUT2D eigenvalue weighted by Crippen LogP contribution is 2.47. The molecule has 3 N–H and O–H groups in total. The predicted octanol–water partition coefficient (Wildman–Crippen LogP) is 2.96. The van der Waals surface area contributed by atoms with E-state index in [0.29, 0.717) is 0 Å². The Morgan fingerprint density at radius 1 is 1.09 bits per heavy atom. The van der Waals surface area contributed by atoms with Crippen LogP contribution in [0.15, 0.2) is 21.9 Å². The second-order valence-electron chi connectivity index (χ2n) is 12.4. The van der Waals surface area contributed by atoms with Crippen molar-refractivity contribution < 1.29 is 23.8 Å². The second kappa shape index (κ2) is 9.76. The monoisotopic (exact) mass is 516 g/mol. The summed E-state index contributed by atoms with van der Waals surface area (Å²) < 4.78 is 20.6. The molecule has 1 aromatic rings. The summed E-state index contributed by atoms with van der Waals surface area (Å²) >= 11 is 0. The molecular weight excluding hydrogens is 472 g/mol. The molecule has 0 aliphatic carbocycles. The standard InChI is InChI=1S/C23H44N2O7Si2/c1-21(2,3)33(7,8)30-15-16-23(29,12-14-26)18(32-34(9,10)22(4,5)6)19(31-16)25-13-11-17(27)24-20(25)28/h11,13,16,18-19,26,29H,12,14-15H2,1-10H3,(H,24,27,28)/t16-,18+,19-,23+/m1/s1. The van der Waals surface area contributed by atoms with E-state index in [1.54, 1.807) is 0 Å². The number of hydrogen-bond donors (Lipinski definition) is 3. The van der Waals surface area contributed by atoms with Crippen LogP contribution < -0.4 is 11.2 Å². The number of aromatic amines is 1. The van der Waals surface area contributed by atoms with Gasteiger partial charge < -0.3 is 23.8 Å². The van der Waals surface area contributed by atoms with Crippen LogP contribution in [-0.4, -0.2) is 67.4 Å². The summed E-state index contributed by atoms with van der Waals surface area (Å²) in [6.07, 6.45) is -1.44. The molecule has 1 aliphatic heterocycles. The highest BCUT2D eigenvalue weighted by Gasteiger charge is 2.59. The van der Waals surface area contributed by atoms with Gasteiger partial charge in [0.05, 0.1) is 6.61 Å². The Hall–Kier alpha value is -1.09. The van der Waals surface area contributed by atoms with Gasteiger partial charge in [-0.3, -0.25) is 14.3 Å². The zero-order valence-electron chi connectivity index (χ0n) is 22.4. The average molecular weight is 517 g/mol. The molecule has 4 atom stereocenters. The SMILES string of the molecule is CC(C)(C)[Si](C)(C)OC[C@H]1O[C@@H](n2ccc(=O)[nH]c2=O)[C@H](O[Si](C)(C)C(C)(C)C)[C@]1(O)CCO. The molecule has 1 saturated heterocycles. The van der Waals surface area contributed by atoms with Gasteiger partial charge in [-0.1, -0.05) is 41.5 Å². The summed E-state index contributed by atoms with van der Waals surface area (Å²) in [6.45, 7) is 20.8. The first-order valence-electron chi connectivity index (χ1n) is 11.9. The zero-order valence-corrected chi connectivity index (χ0v) is 24.4. The first kappa shape index (κ1) is 29.1. The maximum absolute atomic E-state index is 12.7. The number of hydrogen-bond acceptors (Lipinski definition) is 7. The van der Waals surface area contributed by atoms with Crippen LogP contribution in [0.25, 0.3) is 0 Å². The summed E-state index contributed by atoms with van der Waals surface area (Å²) in [5, 5.41) is 21.6. The molecular formula is C23H44N2O7Si2. The van der Waals surface area contributed by atoms with Crippen molar-refractivity contribution in [3.8, 4) is 0 Å². The number of ether oxygens (including phenoxy) is 1. The minimum atomic E-state index is -2.45. The Kier molecular flexibility index (Phi) is 8.36. The number of H-pyrrole nitrogens is 1. The van der Waals surface area contributed by atoms with Crippen LogP contribution in [0.1, 0.15) is 54.2 Å². The van der Waals surface area contributed by atoms with Gasteiger partial charge in [-0.15, -0.1) is 0 Å². The molecule has 1 fully saturated rings. The zero-order chi connectivity index (χ0) is 26.3. The van der Waals surface area contributed by atoms with Crippen LogP contribution in [0, 0.1) is 0 Å². The van der Waals surface area contributed by atoms with Crippen molar-refractivity contribution >= 4 is 16.6 Å². The lowest BCUT2D eigenvalue weighted by Gasteiger charge is -2.43. The van der Waals surface area contributed by atoms with Crippen molar-refractivity contribution in [3.63, 3.8) is 0 Å². The lowest BCUT2D eigenvalue weighted by molar-refractivity contribution is -0.0988. The molecule has 0 amide bonds. The van der Waals surface area contributed by atoms with Crippen LogP contribution in [0.3, 0.4) is 0 Å². The third kappa shape index (κ3) is 5.82. The minimum absolute atomic E-state index is 0.00752. The van der Waals surface area contributed by atoms with Crippen LogP contribution in [0.2, 0.25) is 36.3 Å². The fourth-order valence-corrected chi connectivity index (χ4v) is 5.76. The molecule has 2 rings (SSSR count). The van der Waals surface area contributed by atoms with Crippen molar-refractivity contribution in [2.75, 3.05) is 13.2 Å². The number of nitrogens with one attached hydrogen (secondary N) is 1. The Balaban J connectivity index is 2.56. The van der Waals surface area contributed by atoms with Gasteiger partial charge in [-0.05, 0) is 36.3 Å². The van der Waals surface area contributed by atoms with Crippen molar-refractivity contribution in [2.24, 2.45) is 0 Å². The fourth-order valence-electron chi connectivity index (χ4n) is 3.45. The Morgan fingerprint density at radius 2 is 1.65 bits per heavy atom. The van der Waals surface area contributed by atoms with E-state index in [2.05, 4.69) is 72.7 Å².